The summed E-state index contributed by atoms with van der Waals surface area (Å²) in [4.78, 5) is 13.8. The van der Waals surface area contributed by atoms with Gasteiger partial charge < -0.3 is 9.64 Å². The van der Waals surface area contributed by atoms with Crippen molar-refractivity contribution < 1.29 is 9.53 Å². The van der Waals surface area contributed by atoms with E-state index in [4.69, 9.17) is 4.74 Å². The molecule has 0 N–H and O–H groups in total. The third-order valence-corrected chi connectivity index (χ3v) is 3.82. The molecule has 2 aromatic rings. The first kappa shape index (κ1) is 11.3. The van der Waals surface area contributed by atoms with Crippen molar-refractivity contribution >= 4 is 29.0 Å². The molecule has 4 heteroatoms. The quantitative estimate of drug-likeness (QED) is 0.773. The standard InChI is InChI=1S/C14H13NO2S/c16-9-12-8-11(10-18-12)15-6-3-7-17-14-5-2-1-4-13(14)15/h1-2,4-5,8-10H,3,6-7H2. The van der Waals surface area contributed by atoms with E-state index in [1.54, 1.807) is 0 Å². The van der Waals surface area contributed by atoms with Gasteiger partial charge in [0.25, 0.3) is 0 Å². The molecule has 0 atom stereocenters. The first-order valence-corrected chi connectivity index (χ1v) is 6.79. The summed E-state index contributed by atoms with van der Waals surface area (Å²) in [5, 5.41) is 2.02. The zero-order chi connectivity index (χ0) is 12.4. The van der Waals surface area contributed by atoms with Crippen molar-refractivity contribution in [1.82, 2.24) is 0 Å². The fraction of sp³-hybridized carbons (Fsp3) is 0.214. The van der Waals surface area contributed by atoms with E-state index in [2.05, 4.69) is 11.0 Å². The molecule has 3 nitrogen and oxygen atoms in total. The maximum Gasteiger partial charge on any atom is 0.160 e. The molecule has 0 amide bonds. The van der Waals surface area contributed by atoms with Gasteiger partial charge in [-0.25, -0.2) is 0 Å². The maximum atomic E-state index is 10.8. The minimum atomic E-state index is 0.734. The van der Waals surface area contributed by atoms with Crippen LogP contribution in [-0.2, 0) is 0 Å². The van der Waals surface area contributed by atoms with Crippen LogP contribution in [0.25, 0.3) is 0 Å². The van der Waals surface area contributed by atoms with E-state index in [-0.39, 0.29) is 0 Å². The molecule has 0 saturated heterocycles. The molecule has 0 bridgehead atoms. The lowest BCUT2D eigenvalue weighted by Crippen LogP contribution is -2.16. The Morgan fingerprint density at radius 1 is 1.33 bits per heavy atom. The third-order valence-electron chi connectivity index (χ3n) is 2.97. The number of carbonyl (C=O) groups is 1. The highest BCUT2D eigenvalue weighted by Crippen LogP contribution is 2.37. The molecule has 0 aliphatic carbocycles. The summed E-state index contributed by atoms with van der Waals surface area (Å²) in [5.74, 6) is 0.911. The lowest BCUT2D eigenvalue weighted by Gasteiger charge is -2.22. The van der Waals surface area contributed by atoms with E-state index in [9.17, 15) is 4.79 Å². The largest absolute Gasteiger partial charge is 0.491 e. The third kappa shape index (κ3) is 1.99. The average Bonchev–Trinajstić information content (AvgIpc) is 2.78. The van der Waals surface area contributed by atoms with Crippen LogP contribution in [0.3, 0.4) is 0 Å². The number of para-hydroxylation sites is 2. The van der Waals surface area contributed by atoms with Gasteiger partial charge in [0, 0.05) is 11.9 Å². The number of thiophene rings is 1. The van der Waals surface area contributed by atoms with Crippen LogP contribution in [0.4, 0.5) is 11.4 Å². The minimum absolute atomic E-state index is 0.734. The predicted octanol–water partition coefficient (Wildman–Crippen LogP) is 3.48. The van der Waals surface area contributed by atoms with Crippen LogP contribution in [0.1, 0.15) is 16.1 Å². The molecule has 0 saturated carbocycles. The molecule has 1 aromatic heterocycles. The summed E-state index contributed by atoms with van der Waals surface area (Å²) in [5.41, 5.74) is 2.14. The lowest BCUT2D eigenvalue weighted by molar-refractivity contribution is 0.112. The molecule has 1 aromatic carbocycles. The zero-order valence-electron chi connectivity index (χ0n) is 9.83. The average molecular weight is 259 g/mol. The maximum absolute atomic E-state index is 10.8. The molecule has 3 rings (SSSR count). The van der Waals surface area contributed by atoms with Crippen molar-refractivity contribution in [2.45, 2.75) is 6.42 Å². The Morgan fingerprint density at radius 3 is 3.06 bits per heavy atom. The first-order chi connectivity index (χ1) is 8.88. The van der Waals surface area contributed by atoms with Crippen molar-refractivity contribution in [1.29, 1.82) is 0 Å². The van der Waals surface area contributed by atoms with Crippen molar-refractivity contribution in [3.05, 3.63) is 40.6 Å². The summed E-state index contributed by atoms with van der Waals surface area (Å²) in [7, 11) is 0. The lowest BCUT2D eigenvalue weighted by atomic mass is 10.2. The number of carbonyl (C=O) groups excluding carboxylic acids is 1. The van der Waals surface area contributed by atoms with E-state index < -0.39 is 0 Å². The second kappa shape index (κ2) is 4.82. The van der Waals surface area contributed by atoms with Gasteiger partial charge in [0.05, 0.1) is 22.9 Å². The van der Waals surface area contributed by atoms with Crippen molar-refractivity contribution in [2.24, 2.45) is 0 Å². The SMILES string of the molecule is O=Cc1cc(N2CCCOc3ccccc32)cs1. The second-order valence-electron chi connectivity index (χ2n) is 4.15. The van der Waals surface area contributed by atoms with Crippen molar-refractivity contribution in [2.75, 3.05) is 18.1 Å². The summed E-state index contributed by atoms with van der Waals surface area (Å²) in [6, 6.07) is 9.96. The molecule has 2 heterocycles. The minimum Gasteiger partial charge on any atom is -0.491 e. The monoisotopic (exact) mass is 259 g/mol. The number of nitrogens with zero attached hydrogens (tertiary/aromatic N) is 1. The van der Waals surface area contributed by atoms with E-state index in [1.807, 2.05) is 29.6 Å². The topological polar surface area (TPSA) is 29.5 Å². The van der Waals surface area contributed by atoms with Crippen molar-refractivity contribution in [3.8, 4) is 5.75 Å². The van der Waals surface area contributed by atoms with Crippen molar-refractivity contribution in [3.63, 3.8) is 0 Å². The number of aldehydes is 1. The summed E-state index contributed by atoms with van der Waals surface area (Å²) in [6.07, 6.45) is 1.87. The van der Waals surface area contributed by atoms with Gasteiger partial charge in [-0.15, -0.1) is 11.3 Å². The van der Waals surface area contributed by atoms with Crippen LogP contribution in [0.2, 0.25) is 0 Å². The Bertz CT molecular complexity index is 564. The molecule has 1 aliphatic heterocycles. The highest BCUT2D eigenvalue weighted by molar-refractivity contribution is 7.12. The van der Waals surface area contributed by atoms with Gasteiger partial charge in [-0.05, 0) is 24.6 Å². The van der Waals surface area contributed by atoms with Gasteiger partial charge >= 0.3 is 0 Å². The summed E-state index contributed by atoms with van der Waals surface area (Å²) >= 11 is 1.47. The van der Waals surface area contributed by atoms with Crippen LogP contribution in [0, 0.1) is 0 Å². The molecular formula is C14H13NO2S. The summed E-state index contributed by atoms with van der Waals surface area (Å²) in [6.45, 7) is 1.64. The molecular weight excluding hydrogens is 246 g/mol. The molecule has 1 aliphatic rings. The number of fused-ring (bicyclic) bond motifs is 1. The number of hydrogen-bond acceptors (Lipinski definition) is 4. The molecule has 0 radical (unpaired) electrons. The second-order valence-corrected chi connectivity index (χ2v) is 5.09. The molecule has 0 fully saturated rings. The number of anilines is 2. The van der Waals surface area contributed by atoms with E-state index in [1.165, 1.54) is 11.3 Å². The number of ether oxygens (including phenoxy) is 1. The van der Waals surface area contributed by atoms with Gasteiger partial charge in [0.2, 0.25) is 0 Å². The smallest absolute Gasteiger partial charge is 0.160 e. The van der Waals surface area contributed by atoms with Gasteiger partial charge in [0.1, 0.15) is 5.75 Å². The van der Waals surface area contributed by atoms with Crippen LogP contribution < -0.4 is 9.64 Å². The van der Waals surface area contributed by atoms with E-state index in [0.717, 1.165) is 47.9 Å². The molecule has 0 spiro atoms. The molecule has 0 unspecified atom stereocenters. The zero-order valence-corrected chi connectivity index (χ0v) is 10.7. The summed E-state index contributed by atoms with van der Waals surface area (Å²) < 4.78 is 5.73. The molecule has 18 heavy (non-hydrogen) atoms. The number of benzene rings is 1. The number of hydrogen-bond donors (Lipinski definition) is 0. The van der Waals surface area contributed by atoms with E-state index >= 15 is 0 Å². The highest BCUT2D eigenvalue weighted by Gasteiger charge is 2.18. The fourth-order valence-corrected chi connectivity index (χ4v) is 2.84. The Labute approximate surface area is 110 Å². The van der Waals surface area contributed by atoms with Crippen LogP contribution in [-0.4, -0.2) is 19.4 Å². The van der Waals surface area contributed by atoms with Gasteiger partial charge in [0.15, 0.2) is 6.29 Å². The fourth-order valence-electron chi connectivity index (χ4n) is 2.14. The molecule has 92 valence electrons. The van der Waals surface area contributed by atoms with Gasteiger partial charge in [-0.2, -0.15) is 0 Å². The van der Waals surface area contributed by atoms with E-state index in [0.29, 0.717) is 0 Å². The Balaban J connectivity index is 2.03. The first-order valence-electron chi connectivity index (χ1n) is 5.91. The highest BCUT2D eigenvalue weighted by atomic mass is 32.1. The van der Waals surface area contributed by atoms with Crippen LogP contribution in [0.15, 0.2) is 35.7 Å². The number of rotatable bonds is 2. The Hall–Kier alpha value is -1.81. The Morgan fingerprint density at radius 2 is 2.22 bits per heavy atom. The van der Waals surface area contributed by atoms with Crippen LogP contribution >= 0.6 is 11.3 Å². The van der Waals surface area contributed by atoms with Crippen LogP contribution in [0.5, 0.6) is 5.75 Å². The predicted molar refractivity (Wildman–Crippen MR) is 73.3 cm³/mol. The Kier molecular flexibility index (Phi) is 3.02. The van der Waals surface area contributed by atoms with Gasteiger partial charge in [-0.1, -0.05) is 12.1 Å². The van der Waals surface area contributed by atoms with Gasteiger partial charge in [-0.3, -0.25) is 4.79 Å². The normalized spacial score (nSPS) is 14.6.